The molecule has 0 radical (unpaired) electrons. The van der Waals surface area contributed by atoms with E-state index in [1.165, 1.54) is 0 Å². The van der Waals surface area contributed by atoms with Crippen molar-refractivity contribution >= 4 is 5.82 Å². The fraction of sp³-hybridized carbons (Fsp3) is 0.636. The van der Waals surface area contributed by atoms with E-state index in [9.17, 15) is 10.2 Å². The molecule has 2 unspecified atom stereocenters. The zero-order valence-electron chi connectivity index (χ0n) is 10.1. The van der Waals surface area contributed by atoms with Crippen molar-refractivity contribution in [1.82, 2.24) is 14.9 Å². The van der Waals surface area contributed by atoms with Crippen LogP contribution in [0.5, 0.6) is 0 Å². The summed E-state index contributed by atoms with van der Waals surface area (Å²) in [6.07, 6.45) is -1.33. The van der Waals surface area contributed by atoms with Crippen molar-refractivity contribution in [3.8, 4) is 0 Å². The highest BCUT2D eigenvalue weighted by Gasteiger charge is 2.29. The topological polar surface area (TPSA) is 81.5 Å². The van der Waals surface area contributed by atoms with Crippen LogP contribution in [0.2, 0.25) is 0 Å². The van der Waals surface area contributed by atoms with E-state index in [0.717, 1.165) is 11.5 Å². The molecule has 1 aliphatic rings. The first-order valence-corrected chi connectivity index (χ1v) is 5.69. The van der Waals surface area contributed by atoms with Gasteiger partial charge < -0.3 is 15.5 Å². The van der Waals surface area contributed by atoms with Crippen LogP contribution in [0.4, 0.5) is 5.82 Å². The molecule has 1 saturated heterocycles. The lowest BCUT2D eigenvalue weighted by molar-refractivity contribution is 0.0572. The molecule has 1 aliphatic heterocycles. The zero-order chi connectivity index (χ0) is 12.4. The van der Waals surface area contributed by atoms with Gasteiger partial charge in [-0.15, -0.1) is 0 Å². The first-order valence-electron chi connectivity index (χ1n) is 5.69. The first-order chi connectivity index (χ1) is 8.08. The molecule has 1 aromatic rings. The highest BCUT2D eigenvalue weighted by molar-refractivity contribution is 5.34. The number of hydrogen-bond donors (Lipinski definition) is 3. The average molecular weight is 238 g/mol. The Morgan fingerprint density at radius 3 is 2.59 bits per heavy atom. The molecule has 6 nitrogen and oxygen atoms in total. The van der Waals surface area contributed by atoms with Crippen molar-refractivity contribution in [2.45, 2.75) is 25.7 Å². The van der Waals surface area contributed by atoms with E-state index in [1.54, 1.807) is 0 Å². The maximum atomic E-state index is 9.46. The summed E-state index contributed by atoms with van der Waals surface area (Å²) in [5.41, 5.74) is 0.902. The third kappa shape index (κ3) is 2.91. The number of likely N-dealkylation sites (tertiary alicyclic amines) is 1. The molecule has 94 valence electrons. The van der Waals surface area contributed by atoms with E-state index < -0.39 is 12.2 Å². The lowest BCUT2D eigenvalue weighted by Gasteiger charge is -2.14. The number of aromatic nitrogens is 2. The second-order valence-corrected chi connectivity index (χ2v) is 4.39. The molecule has 2 atom stereocenters. The van der Waals surface area contributed by atoms with Crippen LogP contribution in [0.15, 0.2) is 6.07 Å². The Labute approximate surface area is 100 Å². The van der Waals surface area contributed by atoms with E-state index in [-0.39, 0.29) is 0 Å². The van der Waals surface area contributed by atoms with Crippen LogP contribution < -0.4 is 5.32 Å². The Morgan fingerprint density at radius 2 is 2.00 bits per heavy atom. The van der Waals surface area contributed by atoms with Gasteiger partial charge in [-0.2, -0.15) is 0 Å². The largest absolute Gasteiger partial charge is 0.389 e. The third-order valence-corrected chi connectivity index (χ3v) is 2.86. The van der Waals surface area contributed by atoms with Crippen molar-refractivity contribution < 1.29 is 10.2 Å². The van der Waals surface area contributed by atoms with Gasteiger partial charge in [0.15, 0.2) is 0 Å². The minimum absolute atomic E-state index is 0.466. The van der Waals surface area contributed by atoms with Gasteiger partial charge in [-0.25, -0.2) is 9.97 Å². The van der Waals surface area contributed by atoms with Gasteiger partial charge in [-0.3, -0.25) is 4.90 Å². The molecule has 17 heavy (non-hydrogen) atoms. The van der Waals surface area contributed by atoms with Crippen LogP contribution in [-0.4, -0.2) is 57.4 Å². The van der Waals surface area contributed by atoms with E-state index in [2.05, 4.69) is 15.3 Å². The quantitative estimate of drug-likeness (QED) is 0.650. The molecule has 0 spiro atoms. The van der Waals surface area contributed by atoms with E-state index >= 15 is 0 Å². The van der Waals surface area contributed by atoms with Crippen LogP contribution in [0, 0.1) is 6.92 Å². The highest BCUT2D eigenvalue weighted by atomic mass is 16.3. The SMILES string of the molecule is CNc1cc(C)nc(CN2CC(O)C(O)C2)n1. The second-order valence-electron chi connectivity index (χ2n) is 4.39. The molecule has 0 aromatic carbocycles. The number of anilines is 1. The van der Waals surface area contributed by atoms with Crippen molar-refractivity contribution in [2.24, 2.45) is 0 Å². The second kappa shape index (κ2) is 4.95. The summed E-state index contributed by atoms with van der Waals surface area (Å²) < 4.78 is 0. The number of nitrogens with zero attached hydrogens (tertiary/aromatic N) is 3. The van der Waals surface area contributed by atoms with Gasteiger partial charge in [-0.1, -0.05) is 0 Å². The summed E-state index contributed by atoms with van der Waals surface area (Å²) in [6.45, 7) is 3.39. The normalized spacial score (nSPS) is 25.2. The predicted molar refractivity (Wildman–Crippen MR) is 63.6 cm³/mol. The van der Waals surface area contributed by atoms with Crippen LogP contribution >= 0.6 is 0 Å². The number of rotatable bonds is 3. The third-order valence-electron chi connectivity index (χ3n) is 2.86. The number of hydrogen-bond acceptors (Lipinski definition) is 6. The summed E-state index contributed by atoms with van der Waals surface area (Å²) in [7, 11) is 1.81. The standard InChI is InChI=1S/C11H18N4O2/c1-7-3-10(12-2)14-11(13-7)6-15-4-8(16)9(17)5-15/h3,8-9,16-17H,4-6H2,1-2H3,(H,12,13,14). The van der Waals surface area contributed by atoms with Crippen molar-refractivity contribution in [1.29, 1.82) is 0 Å². The molecule has 0 aliphatic carbocycles. The summed E-state index contributed by atoms with van der Waals surface area (Å²) in [4.78, 5) is 10.6. The first kappa shape index (κ1) is 12.2. The monoisotopic (exact) mass is 238 g/mol. The van der Waals surface area contributed by atoms with Gasteiger partial charge >= 0.3 is 0 Å². The molecule has 0 amide bonds. The maximum absolute atomic E-state index is 9.46. The molecule has 1 aromatic heterocycles. The molecule has 3 N–H and O–H groups in total. The van der Waals surface area contributed by atoms with Gasteiger partial charge in [0.2, 0.25) is 0 Å². The molecule has 1 fully saturated rings. The number of β-amino-alcohol motifs (C(OH)–C–C–N with tert-alkyl or cyclic N) is 2. The Kier molecular flexibility index (Phi) is 3.56. The Bertz CT molecular complexity index is 389. The van der Waals surface area contributed by atoms with Gasteiger partial charge in [0.05, 0.1) is 18.8 Å². The molecular formula is C11H18N4O2. The van der Waals surface area contributed by atoms with Crippen LogP contribution in [-0.2, 0) is 6.54 Å². The van der Waals surface area contributed by atoms with E-state index in [1.807, 2.05) is 24.9 Å². The van der Waals surface area contributed by atoms with Crippen molar-refractivity contribution in [3.63, 3.8) is 0 Å². The molecular weight excluding hydrogens is 220 g/mol. The van der Waals surface area contributed by atoms with Crippen LogP contribution in [0.3, 0.4) is 0 Å². The Morgan fingerprint density at radius 1 is 1.35 bits per heavy atom. The summed E-state index contributed by atoms with van der Waals surface area (Å²) >= 11 is 0. The predicted octanol–water partition coefficient (Wildman–Crippen LogP) is -0.636. The lowest BCUT2D eigenvalue weighted by atomic mass is 10.3. The van der Waals surface area contributed by atoms with E-state index in [4.69, 9.17) is 0 Å². The van der Waals surface area contributed by atoms with Gasteiger partial charge in [0, 0.05) is 31.9 Å². The van der Waals surface area contributed by atoms with Crippen molar-refractivity contribution in [3.05, 3.63) is 17.6 Å². The van der Waals surface area contributed by atoms with Crippen LogP contribution in [0.25, 0.3) is 0 Å². The minimum atomic E-state index is -0.663. The van der Waals surface area contributed by atoms with Gasteiger partial charge in [0.1, 0.15) is 11.6 Å². The smallest absolute Gasteiger partial charge is 0.144 e. The molecule has 0 saturated carbocycles. The Hall–Kier alpha value is -1.24. The van der Waals surface area contributed by atoms with Gasteiger partial charge in [-0.05, 0) is 6.92 Å². The fourth-order valence-electron chi connectivity index (χ4n) is 2.00. The minimum Gasteiger partial charge on any atom is -0.389 e. The lowest BCUT2D eigenvalue weighted by Crippen LogP contribution is -2.23. The zero-order valence-corrected chi connectivity index (χ0v) is 10.1. The summed E-state index contributed by atoms with van der Waals surface area (Å²) in [5.74, 6) is 1.49. The molecule has 0 bridgehead atoms. The van der Waals surface area contributed by atoms with Crippen molar-refractivity contribution in [2.75, 3.05) is 25.5 Å². The van der Waals surface area contributed by atoms with Gasteiger partial charge in [0.25, 0.3) is 0 Å². The summed E-state index contributed by atoms with van der Waals surface area (Å²) in [6, 6.07) is 1.87. The highest BCUT2D eigenvalue weighted by Crippen LogP contribution is 2.13. The molecule has 2 rings (SSSR count). The number of aryl methyl sites for hydroxylation is 1. The number of nitrogens with one attached hydrogen (secondary N) is 1. The Balaban J connectivity index is 2.06. The molecule has 6 heteroatoms. The fourth-order valence-corrected chi connectivity index (χ4v) is 2.00. The number of aliphatic hydroxyl groups excluding tert-OH is 2. The summed E-state index contributed by atoms with van der Waals surface area (Å²) in [5, 5.41) is 21.9. The number of aliphatic hydroxyl groups is 2. The van der Waals surface area contributed by atoms with E-state index in [0.29, 0.717) is 25.5 Å². The maximum Gasteiger partial charge on any atom is 0.144 e. The molecule has 2 heterocycles. The average Bonchev–Trinajstić information content (AvgIpc) is 2.57. The van der Waals surface area contributed by atoms with Crippen LogP contribution in [0.1, 0.15) is 11.5 Å².